The zero-order valence-electron chi connectivity index (χ0n) is 13.4. The Bertz CT molecular complexity index is 363. The molecule has 1 atom stereocenters. The van der Waals surface area contributed by atoms with Gasteiger partial charge in [-0.2, -0.15) is 12.7 Å². The summed E-state index contributed by atoms with van der Waals surface area (Å²) in [4.78, 5) is 0. The molecule has 20 heavy (non-hydrogen) atoms. The summed E-state index contributed by atoms with van der Waals surface area (Å²) in [5, 5.41) is 3.43. The number of nitrogens with zero attached hydrogens (tertiary/aromatic N) is 1. The first-order valence-corrected chi connectivity index (χ1v) is 9.27. The van der Waals surface area contributed by atoms with Crippen LogP contribution in [0.4, 0.5) is 0 Å². The average molecular weight is 305 g/mol. The highest BCUT2D eigenvalue weighted by molar-refractivity contribution is 7.87. The lowest BCUT2D eigenvalue weighted by atomic mass is 9.98. The number of rotatable bonds is 8. The van der Waals surface area contributed by atoms with Crippen LogP contribution in [0.2, 0.25) is 0 Å². The highest BCUT2D eigenvalue weighted by Crippen LogP contribution is 2.18. The largest absolute Gasteiger partial charge is 0.314 e. The standard InChI is InChI=1S/C14H31N3O2S/c1-5-13(4)10-16-20(18,19)17-8-6-14(7-9-17)11-15-12(2)3/h12-16H,5-11H2,1-4H3. The third-order valence-electron chi connectivity index (χ3n) is 4.04. The molecule has 0 bridgehead atoms. The van der Waals surface area contributed by atoms with E-state index < -0.39 is 10.2 Å². The molecule has 2 N–H and O–H groups in total. The van der Waals surface area contributed by atoms with Gasteiger partial charge in [0.05, 0.1) is 0 Å². The molecule has 5 nitrogen and oxygen atoms in total. The van der Waals surface area contributed by atoms with Crippen LogP contribution in [0, 0.1) is 11.8 Å². The molecule has 1 saturated heterocycles. The molecule has 6 heteroatoms. The minimum absolute atomic E-state index is 0.387. The summed E-state index contributed by atoms with van der Waals surface area (Å²) in [6.07, 6.45) is 2.89. The lowest BCUT2D eigenvalue weighted by Gasteiger charge is -2.32. The quantitative estimate of drug-likeness (QED) is 0.716. The molecule has 0 aromatic carbocycles. The molecule has 0 saturated carbocycles. The predicted molar refractivity (Wildman–Crippen MR) is 83.8 cm³/mol. The minimum atomic E-state index is -3.28. The van der Waals surface area contributed by atoms with Crippen LogP contribution in [0.15, 0.2) is 0 Å². The molecular formula is C14H31N3O2S. The summed E-state index contributed by atoms with van der Waals surface area (Å²) in [6, 6.07) is 0.494. The highest BCUT2D eigenvalue weighted by Gasteiger charge is 2.27. The molecule has 1 heterocycles. The van der Waals surface area contributed by atoms with E-state index >= 15 is 0 Å². The van der Waals surface area contributed by atoms with E-state index in [4.69, 9.17) is 0 Å². The number of hydrogen-bond acceptors (Lipinski definition) is 3. The van der Waals surface area contributed by atoms with Crippen molar-refractivity contribution in [3.8, 4) is 0 Å². The summed E-state index contributed by atoms with van der Waals surface area (Å²) in [5.41, 5.74) is 0. The van der Waals surface area contributed by atoms with Crippen LogP contribution in [0.1, 0.15) is 47.0 Å². The van der Waals surface area contributed by atoms with E-state index in [0.717, 1.165) is 25.8 Å². The van der Waals surface area contributed by atoms with Gasteiger partial charge in [-0.25, -0.2) is 4.72 Å². The Kier molecular flexibility index (Phi) is 7.43. The molecule has 0 spiro atoms. The van der Waals surface area contributed by atoms with E-state index in [1.807, 2.05) is 0 Å². The van der Waals surface area contributed by atoms with E-state index in [1.54, 1.807) is 4.31 Å². The van der Waals surface area contributed by atoms with Crippen molar-refractivity contribution < 1.29 is 8.42 Å². The van der Waals surface area contributed by atoms with Gasteiger partial charge in [0.1, 0.15) is 0 Å². The van der Waals surface area contributed by atoms with Crippen molar-refractivity contribution in [3.63, 3.8) is 0 Å². The smallest absolute Gasteiger partial charge is 0.279 e. The van der Waals surface area contributed by atoms with Gasteiger partial charge in [-0.1, -0.05) is 34.1 Å². The van der Waals surface area contributed by atoms with E-state index in [2.05, 4.69) is 37.7 Å². The first-order valence-electron chi connectivity index (χ1n) is 7.83. The fourth-order valence-corrected chi connectivity index (χ4v) is 3.61. The van der Waals surface area contributed by atoms with Crippen molar-refractivity contribution in [1.82, 2.24) is 14.3 Å². The Balaban J connectivity index is 2.36. The molecule has 120 valence electrons. The Labute approximate surface area is 124 Å². The van der Waals surface area contributed by atoms with Crippen LogP contribution in [-0.2, 0) is 10.2 Å². The van der Waals surface area contributed by atoms with E-state index in [0.29, 0.717) is 37.5 Å². The van der Waals surface area contributed by atoms with Gasteiger partial charge in [0.2, 0.25) is 0 Å². The van der Waals surface area contributed by atoms with Crippen LogP contribution in [0.3, 0.4) is 0 Å². The van der Waals surface area contributed by atoms with Gasteiger partial charge in [0, 0.05) is 25.7 Å². The lowest BCUT2D eigenvalue weighted by molar-refractivity contribution is 0.261. The van der Waals surface area contributed by atoms with Crippen LogP contribution in [0.25, 0.3) is 0 Å². The SMILES string of the molecule is CCC(C)CNS(=O)(=O)N1CCC(CNC(C)C)CC1. The van der Waals surface area contributed by atoms with Crippen molar-refractivity contribution in [2.75, 3.05) is 26.2 Å². The monoisotopic (exact) mass is 305 g/mol. The van der Waals surface area contributed by atoms with E-state index in [1.165, 1.54) is 0 Å². The Morgan fingerprint density at radius 3 is 2.30 bits per heavy atom. The topological polar surface area (TPSA) is 61.4 Å². The normalized spacial score (nSPS) is 20.4. The first kappa shape index (κ1) is 17.9. The van der Waals surface area contributed by atoms with Crippen molar-refractivity contribution in [2.45, 2.75) is 53.0 Å². The molecule has 0 radical (unpaired) electrons. The maximum Gasteiger partial charge on any atom is 0.279 e. The fraction of sp³-hybridized carbons (Fsp3) is 1.00. The fourth-order valence-electron chi connectivity index (χ4n) is 2.24. The van der Waals surface area contributed by atoms with Gasteiger partial charge in [-0.3, -0.25) is 0 Å². The van der Waals surface area contributed by atoms with Crippen LogP contribution >= 0.6 is 0 Å². The number of hydrogen-bond donors (Lipinski definition) is 2. The number of piperidine rings is 1. The number of nitrogens with one attached hydrogen (secondary N) is 2. The van der Waals surface area contributed by atoms with Crippen LogP contribution < -0.4 is 10.0 Å². The highest BCUT2D eigenvalue weighted by atomic mass is 32.2. The second-order valence-electron chi connectivity index (χ2n) is 6.27. The molecule has 1 fully saturated rings. The second-order valence-corrected chi connectivity index (χ2v) is 8.03. The zero-order valence-corrected chi connectivity index (χ0v) is 14.2. The summed E-state index contributed by atoms with van der Waals surface area (Å²) < 4.78 is 28.7. The Morgan fingerprint density at radius 2 is 1.80 bits per heavy atom. The van der Waals surface area contributed by atoms with E-state index in [9.17, 15) is 8.42 Å². The van der Waals surface area contributed by atoms with Crippen LogP contribution in [0.5, 0.6) is 0 Å². The molecule has 1 rings (SSSR count). The maximum atomic E-state index is 12.2. The molecule has 0 aromatic heterocycles. The molecule has 1 aliphatic rings. The molecule has 0 aromatic rings. The van der Waals surface area contributed by atoms with Crippen molar-refractivity contribution >= 4 is 10.2 Å². The summed E-state index contributed by atoms with van der Waals surface area (Å²) in [6.45, 7) is 11.2. The van der Waals surface area contributed by atoms with Crippen molar-refractivity contribution in [1.29, 1.82) is 0 Å². The molecular weight excluding hydrogens is 274 g/mol. The van der Waals surface area contributed by atoms with Gasteiger partial charge < -0.3 is 5.32 Å². The molecule has 1 aliphatic heterocycles. The summed E-state index contributed by atoms with van der Waals surface area (Å²) in [7, 11) is -3.28. The van der Waals surface area contributed by atoms with Gasteiger partial charge >= 0.3 is 0 Å². The lowest BCUT2D eigenvalue weighted by Crippen LogP contribution is -2.47. The average Bonchev–Trinajstić information content (AvgIpc) is 2.43. The first-order chi connectivity index (χ1) is 9.35. The van der Waals surface area contributed by atoms with Gasteiger partial charge in [-0.05, 0) is 31.2 Å². The summed E-state index contributed by atoms with van der Waals surface area (Å²) >= 11 is 0. The summed E-state index contributed by atoms with van der Waals surface area (Å²) in [5.74, 6) is 0.982. The molecule has 0 amide bonds. The predicted octanol–water partition coefficient (Wildman–Crippen LogP) is 1.58. The zero-order chi connectivity index (χ0) is 15.2. The third-order valence-corrected chi connectivity index (χ3v) is 5.62. The molecule has 0 aliphatic carbocycles. The maximum absolute atomic E-state index is 12.2. The van der Waals surface area contributed by atoms with Crippen LogP contribution in [-0.4, -0.2) is 44.9 Å². The van der Waals surface area contributed by atoms with Gasteiger partial charge in [0.25, 0.3) is 10.2 Å². The van der Waals surface area contributed by atoms with Crippen molar-refractivity contribution in [2.24, 2.45) is 11.8 Å². The Hall–Kier alpha value is -0.170. The third kappa shape index (κ3) is 6.08. The van der Waals surface area contributed by atoms with Crippen molar-refractivity contribution in [3.05, 3.63) is 0 Å². The molecule has 1 unspecified atom stereocenters. The second kappa shape index (κ2) is 8.32. The van der Waals surface area contributed by atoms with Gasteiger partial charge in [-0.15, -0.1) is 0 Å². The minimum Gasteiger partial charge on any atom is -0.314 e. The van der Waals surface area contributed by atoms with E-state index in [-0.39, 0.29) is 0 Å². The Morgan fingerprint density at radius 1 is 1.20 bits per heavy atom. The van der Waals surface area contributed by atoms with Gasteiger partial charge in [0.15, 0.2) is 0 Å².